The van der Waals surface area contributed by atoms with Crippen LogP contribution in [-0.4, -0.2) is 23.4 Å². The van der Waals surface area contributed by atoms with Gasteiger partial charge in [-0.25, -0.2) is 0 Å². The number of benzene rings is 1. The van der Waals surface area contributed by atoms with Crippen LogP contribution in [0, 0.1) is 0 Å². The SMILES string of the molecule is N[C@@H](Cc1ccccc1)C(=O)N1CCCC1c1cccs1. The molecule has 1 fully saturated rings. The first-order chi connectivity index (χ1) is 10.3. The van der Waals surface area contributed by atoms with Gasteiger partial charge in [-0.15, -0.1) is 11.3 Å². The Bertz CT molecular complexity index is 582. The van der Waals surface area contributed by atoms with Crippen LogP contribution < -0.4 is 5.73 Å². The molecule has 0 aliphatic carbocycles. The van der Waals surface area contributed by atoms with Crippen LogP contribution in [0.3, 0.4) is 0 Å². The Morgan fingerprint density at radius 3 is 2.81 bits per heavy atom. The van der Waals surface area contributed by atoms with Gasteiger partial charge in [0.1, 0.15) is 0 Å². The molecule has 1 aromatic heterocycles. The van der Waals surface area contributed by atoms with Gasteiger partial charge in [-0.2, -0.15) is 0 Å². The van der Waals surface area contributed by atoms with Crippen LogP contribution in [0.1, 0.15) is 29.3 Å². The van der Waals surface area contributed by atoms with Gasteiger partial charge < -0.3 is 10.6 Å². The Balaban J connectivity index is 1.69. The summed E-state index contributed by atoms with van der Waals surface area (Å²) in [5.41, 5.74) is 7.27. The van der Waals surface area contributed by atoms with E-state index in [1.807, 2.05) is 41.3 Å². The van der Waals surface area contributed by atoms with Gasteiger partial charge in [0, 0.05) is 11.4 Å². The quantitative estimate of drug-likeness (QED) is 0.943. The molecule has 1 aliphatic heterocycles. The molecule has 0 saturated carbocycles. The third kappa shape index (κ3) is 3.17. The second-order valence-electron chi connectivity index (χ2n) is 5.50. The van der Waals surface area contributed by atoms with Crippen molar-refractivity contribution in [3.63, 3.8) is 0 Å². The van der Waals surface area contributed by atoms with Crippen molar-refractivity contribution in [1.29, 1.82) is 0 Å². The monoisotopic (exact) mass is 300 g/mol. The van der Waals surface area contributed by atoms with Gasteiger partial charge in [0.25, 0.3) is 0 Å². The first kappa shape index (κ1) is 14.3. The second kappa shape index (κ2) is 6.41. The Morgan fingerprint density at radius 1 is 1.29 bits per heavy atom. The average molecular weight is 300 g/mol. The number of likely N-dealkylation sites (tertiary alicyclic amines) is 1. The summed E-state index contributed by atoms with van der Waals surface area (Å²) < 4.78 is 0. The number of amides is 1. The third-order valence-corrected chi connectivity index (χ3v) is 5.00. The molecule has 3 rings (SSSR count). The molecule has 1 saturated heterocycles. The molecule has 2 aromatic rings. The fraction of sp³-hybridized carbons (Fsp3) is 0.353. The maximum Gasteiger partial charge on any atom is 0.240 e. The average Bonchev–Trinajstić information content (AvgIpc) is 3.18. The van der Waals surface area contributed by atoms with E-state index in [9.17, 15) is 4.79 Å². The highest BCUT2D eigenvalue weighted by Gasteiger charge is 2.33. The molecule has 1 amide bonds. The fourth-order valence-electron chi connectivity index (χ4n) is 2.98. The number of carbonyl (C=O) groups is 1. The van der Waals surface area contributed by atoms with Crippen molar-refractivity contribution in [2.24, 2.45) is 5.73 Å². The molecule has 2 heterocycles. The van der Waals surface area contributed by atoms with Gasteiger partial charge >= 0.3 is 0 Å². The Kier molecular flexibility index (Phi) is 4.36. The zero-order valence-electron chi connectivity index (χ0n) is 11.9. The van der Waals surface area contributed by atoms with Gasteiger partial charge in [-0.05, 0) is 36.3 Å². The number of hydrogen-bond acceptors (Lipinski definition) is 3. The lowest BCUT2D eigenvalue weighted by molar-refractivity contribution is -0.133. The lowest BCUT2D eigenvalue weighted by Gasteiger charge is -2.27. The van der Waals surface area contributed by atoms with Crippen molar-refractivity contribution >= 4 is 17.2 Å². The molecule has 21 heavy (non-hydrogen) atoms. The lowest BCUT2D eigenvalue weighted by atomic mass is 10.1. The highest BCUT2D eigenvalue weighted by molar-refractivity contribution is 7.10. The number of rotatable bonds is 4. The number of nitrogens with two attached hydrogens (primary N) is 1. The molecule has 0 spiro atoms. The molecule has 1 aliphatic rings. The van der Waals surface area contributed by atoms with Crippen LogP contribution in [0.4, 0.5) is 0 Å². The Labute approximate surface area is 129 Å². The molecule has 0 bridgehead atoms. The van der Waals surface area contributed by atoms with E-state index in [0.29, 0.717) is 6.42 Å². The highest BCUT2D eigenvalue weighted by atomic mass is 32.1. The summed E-state index contributed by atoms with van der Waals surface area (Å²) in [6.45, 7) is 0.823. The molecule has 4 heteroatoms. The Hall–Kier alpha value is -1.65. The molecular weight excluding hydrogens is 280 g/mol. The summed E-state index contributed by atoms with van der Waals surface area (Å²) in [6, 6.07) is 13.9. The smallest absolute Gasteiger partial charge is 0.240 e. The predicted octanol–water partition coefficient (Wildman–Crippen LogP) is 2.98. The standard InChI is InChI=1S/C17H20N2OS/c18-14(12-13-6-2-1-3-7-13)17(20)19-10-4-8-15(19)16-9-5-11-21-16/h1-3,5-7,9,11,14-15H,4,8,10,12,18H2/t14-,15?/m0/s1. The van der Waals surface area contributed by atoms with E-state index >= 15 is 0 Å². The minimum atomic E-state index is -0.451. The zero-order chi connectivity index (χ0) is 14.7. The predicted molar refractivity (Wildman–Crippen MR) is 86.1 cm³/mol. The maximum atomic E-state index is 12.7. The van der Waals surface area contributed by atoms with Crippen LogP contribution in [0.15, 0.2) is 47.8 Å². The first-order valence-electron chi connectivity index (χ1n) is 7.39. The molecule has 2 N–H and O–H groups in total. The maximum absolute atomic E-state index is 12.7. The summed E-state index contributed by atoms with van der Waals surface area (Å²) >= 11 is 1.72. The van der Waals surface area contributed by atoms with Gasteiger partial charge in [0.2, 0.25) is 5.91 Å². The van der Waals surface area contributed by atoms with Gasteiger partial charge in [-0.1, -0.05) is 36.4 Å². The van der Waals surface area contributed by atoms with E-state index in [-0.39, 0.29) is 11.9 Å². The van der Waals surface area contributed by atoms with E-state index in [4.69, 9.17) is 5.73 Å². The number of thiophene rings is 1. The summed E-state index contributed by atoms with van der Waals surface area (Å²) in [4.78, 5) is 15.9. The van der Waals surface area contributed by atoms with Crippen molar-refractivity contribution in [3.05, 3.63) is 58.3 Å². The summed E-state index contributed by atoms with van der Waals surface area (Å²) in [7, 11) is 0. The minimum Gasteiger partial charge on any atom is -0.333 e. The van der Waals surface area contributed by atoms with Gasteiger partial charge in [0.05, 0.1) is 12.1 Å². The van der Waals surface area contributed by atoms with Crippen molar-refractivity contribution in [2.75, 3.05) is 6.54 Å². The number of hydrogen-bond donors (Lipinski definition) is 1. The Morgan fingerprint density at radius 2 is 2.10 bits per heavy atom. The van der Waals surface area contributed by atoms with E-state index in [0.717, 1.165) is 24.9 Å². The molecule has 1 unspecified atom stereocenters. The summed E-state index contributed by atoms with van der Waals surface area (Å²) in [5.74, 6) is 0.0785. The van der Waals surface area contributed by atoms with E-state index in [2.05, 4.69) is 11.4 Å². The van der Waals surface area contributed by atoms with Crippen molar-refractivity contribution in [2.45, 2.75) is 31.3 Å². The van der Waals surface area contributed by atoms with Crippen molar-refractivity contribution in [1.82, 2.24) is 4.90 Å². The van der Waals surface area contributed by atoms with Gasteiger partial charge in [-0.3, -0.25) is 4.79 Å². The zero-order valence-corrected chi connectivity index (χ0v) is 12.8. The van der Waals surface area contributed by atoms with E-state index in [1.54, 1.807) is 11.3 Å². The van der Waals surface area contributed by atoms with Crippen LogP contribution in [0.5, 0.6) is 0 Å². The molecule has 3 nitrogen and oxygen atoms in total. The normalized spacial score (nSPS) is 19.7. The van der Waals surface area contributed by atoms with Crippen molar-refractivity contribution < 1.29 is 4.79 Å². The largest absolute Gasteiger partial charge is 0.333 e. The molecule has 1 aromatic carbocycles. The van der Waals surface area contributed by atoms with Crippen LogP contribution in [0.25, 0.3) is 0 Å². The summed E-state index contributed by atoms with van der Waals surface area (Å²) in [5, 5.41) is 2.07. The van der Waals surface area contributed by atoms with Crippen LogP contribution in [0.2, 0.25) is 0 Å². The van der Waals surface area contributed by atoms with Crippen LogP contribution in [-0.2, 0) is 11.2 Å². The fourth-order valence-corrected chi connectivity index (χ4v) is 3.85. The van der Waals surface area contributed by atoms with E-state index < -0.39 is 6.04 Å². The molecule has 2 atom stereocenters. The highest BCUT2D eigenvalue weighted by Crippen LogP contribution is 2.34. The van der Waals surface area contributed by atoms with E-state index in [1.165, 1.54) is 4.88 Å². The molecule has 110 valence electrons. The number of nitrogens with zero attached hydrogens (tertiary/aromatic N) is 1. The van der Waals surface area contributed by atoms with Crippen LogP contribution >= 0.6 is 11.3 Å². The van der Waals surface area contributed by atoms with Gasteiger partial charge in [0.15, 0.2) is 0 Å². The first-order valence-corrected chi connectivity index (χ1v) is 8.27. The van der Waals surface area contributed by atoms with Crippen molar-refractivity contribution in [3.8, 4) is 0 Å². The topological polar surface area (TPSA) is 46.3 Å². The minimum absolute atomic E-state index is 0.0785. The molecular formula is C17H20N2OS. The lowest BCUT2D eigenvalue weighted by Crippen LogP contribution is -2.44. The summed E-state index contributed by atoms with van der Waals surface area (Å²) in [6.07, 6.45) is 2.71. The number of carbonyl (C=O) groups excluding carboxylic acids is 1. The molecule has 0 radical (unpaired) electrons. The third-order valence-electron chi connectivity index (χ3n) is 4.02. The second-order valence-corrected chi connectivity index (χ2v) is 6.48.